The zero-order valence-corrected chi connectivity index (χ0v) is 19.1. The summed E-state index contributed by atoms with van der Waals surface area (Å²) in [6.07, 6.45) is 0. The third-order valence-corrected chi connectivity index (χ3v) is 6.49. The Balaban J connectivity index is 1.90. The molecule has 0 spiro atoms. The SMILES string of the molecule is Cc1ccc(C2/C(=C(/O)c3ccc(Br)cc3)C(=O)C(=O)N2c2ccc(S(N)(=O)=O)cc2)o1. The van der Waals surface area contributed by atoms with Crippen molar-refractivity contribution < 1.29 is 27.5 Å². The van der Waals surface area contributed by atoms with Gasteiger partial charge >= 0.3 is 0 Å². The van der Waals surface area contributed by atoms with Crippen LogP contribution < -0.4 is 10.0 Å². The number of ketones is 1. The zero-order chi connectivity index (χ0) is 23.2. The number of hydrogen-bond acceptors (Lipinski definition) is 6. The molecular formula is C22H17BrN2O6S. The maximum atomic E-state index is 13.0. The Labute approximate surface area is 192 Å². The fourth-order valence-electron chi connectivity index (χ4n) is 3.53. The summed E-state index contributed by atoms with van der Waals surface area (Å²) in [5, 5.41) is 16.1. The van der Waals surface area contributed by atoms with Crippen LogP contribution in [-0.4, -0.2) is 25.2 Å². The molecule has 10 heteroatoms. The number of benzene rings is 2. The number of sulfonamides is 1. The lowest BCUT2D eigenvalue weighted by atomic mass is 9.99. The van der Waals surface area contributed by atoms with Gasteiger partial charge in [0.1, 0.15) is 23.3 Å². The van der Waals surface area contributed by atoms with Gasteiger partial charge < -0.3 is 9.52 Å². The Morgan fingerprint density at radius 1 is 1.03 bits per heavy atom. The maximum absolute atomic E-state index is 13.0. The smallest absolute Gasteiger partial charge is 0.300 e. The summed E-state index contributed by atoms with van der Waals surface area (Å²) >= 11 is 3.32. The monoisotopic (exact) mass is 516 g/mol. The summed E-state index contributed by atoms with van der Waals surface area (Å²) in [5.74, 6) is -1.29. The number of aliphatic hydroxyl groups is 1. The van der Waals surface area contributed by atoms with Crippen LogP contribution >= 0.6 is 15.9 Å². The van der Waals surface area contributed by atoms with Gasteiger partial charge in [-0.25, -0.2) is 13.6 Å². The van der Waals surface area contributed by atoms with Crippen LogP contribution in [0.1, 0.15) is 23.1 Å². The number of carbonyl (C=O) groups excluding carboxylic acids is 2. The number of Topliss-reactive ketones (excluding diaryl/α,β-unsaturated/α-hetero) is 1. The van der Waals surface area contributed by atoms with Crippen molar-refractivity contribution in [3.8, 4) is 0 Å². The minimum Gasteiger partial charge on any atom is -0.507 e. The van der Waals surface area contributed by atoms with Crippen LogP contribution in [0.15, 0.2) is 80.0 Å². The number of aliphatic hydroxyl groups excluding tert-OH is 1. The van der Waals surface area contributed by atoms with Crippen LogP contribution in [0.25, 0.3) is 5.76 Å². The van der Waals surface area contributed by atoms with Crippen molar-refractivity contribution in [1.29, 1.82) is 0 Å². The molecule has 4 rings (SSSR count). The number of anilines is 1. The Kier molecular flexibility index (Phi) is 5.53. The third-order valence-electron chi connectivity index (χ3n) is 5.04. The van der Waals surface area contributed by atoms with Crippen molar-refractivity contribution in [2.45, 2.75) is 17.9 Å². The molecule has 2 heterocycles. The number of rotatable bonds is 4. The van der Waals surface area contributed by atoms with E-state index in [2.05, 4.69) is 15.9 Å². The second-order valence-electron chi connectivity index (χ2n) is 7.16. The fourth-order valence-corrected chi connectivity index (χ4v) is 4.31. The molecular weight excluding hydrogens is 500 g/mol. The van der Waals surface area contributed by atoms with E-state index < -0.39 is 27.8 Å². The molecule has 3 aromatic rings. The summed E-state index contributed by atoms with van der Waals surface area (Å²) in [6.45, 7) is 1.71. The number of aryl methyl sites for hydroxylation is 1. The van der Waals surface area contributed by atoms with E-state index in [4.69, 9.17) is 9.56 Å². The Hall–Kier alpha value is -3.21. The fraction of sp³-hybridized carbons (Fsp3) is 0.0909. The van der Waals surface area contributed by atoms with Crippen molar-refractivity contribution in [1.82, 2.24) is 0 Å². The van der Waals surface area contributed by atoms with Crippen molar-refractivity contribution in [2.75, 3.05) is 4.90 Å². The largest absolute Gasteiger partial charge is 0.507 e. The van der Waals surface area contributed by atoms with Crippen LogP contribution in [-0.2, 0) is 19.6 Å². The molecule has 1 aliphatic rings. The van der Waals surface area contributed by atoms with Crippen molar-refractivity contribution in [3.63, 3.8) is 0 Å². The number of furan rings is 1. The molecule has 1 atom stereocenters. The molecule has 0 radical (unpaired) electrons. The molecule has 1 amide bonds. The van der Waals surface area contributed by atoms with E-state index >= 15 is 0 Å². The molecule has 2 aromatic carbocycles. The van der Waals surface area contributed by atoms with Gasteiger partial charge in [0, 0.05) is 15.7 Å². The highest BCUT2D eigenvalue weighted by molar-refractivity contribution is 9.10. The molecule has 1 unspecified atom stereocenters. The first-order valence-corrected chi connectivity index (χ1v) is 11.7. The van der Waals surface area contributed by atoms with E-state index in [-0.39, 0.29) is 27.7 Å². The van der Waals surface area contributed by atoms with Gasteiger partial charge in [-0.15, -0.1) is 0 Å². The summed E-state index contributed by atoms with van der Waals surface area (Å²) in [6, 6.07) is 14.1. The minimum atomic E-state index is -3.94. The van der Waals surface area contributed by atoms with E-state index in [1.54, 1.807) is 43.3 Å². The average Bonchev–Trinajstić information content (AvgIpc) is 3.28. The molecule has 1 aromatic heterocycles. The standard InChI is InChI=1S/C22H17BrN2O6S/c1-12-2-11-17(31-12)19-18(20(26)13-3-5-14(23)6-4-13)21(27)22(28)25(19)15-7-9-16(10-8-15)32(24,29)30/h2-11,19,26H,1H3,(H2,24,29,30)/b20-18-. The number of amides is 1. The molecule has 0 saturated carbocycles. The second-order valence-corrected chi connectivity index (χ2v) is 9.64. The molecule has 8 nitrogen and oxygen atoms in total. The van der Waals surface area contributed by atoms with E-state index in [0.717, 1.165) is 9.37 Å². The number of carbonyl (C=O) groups is 2. The lowest BCUT2D eigenvalue weighted by molar-refractivity contribution is -0.132. The van der Waals surface area contributed by atoms with Crippen LogP contribution in [0.3, 0.4) is 0 Å². The van der Waals surface area contributed by atoms with E-state index in [1.165, 1.54) is 24.3 Å². The van der Waals surface area contributed by atoms with Gasteiger partial charge in [-0.3, -0.25) is 14.5 Å². The van der Waals surface area contributed by atoms with Gasteiger partial charge in [0.15, 0.2) is 0 Å². The Morgan fingerprint density at radius 3 is 2.19 bits per heavy atom. The number of nitrogens with two attached hydrogens (primary N) is 1. The topological polar surface area (TPSA) is 131 Å². The normalized spacial score (nSPS) is 18.3. The highest BCUT2D eigenvalue weighted by Crippen LogP contribution is 2.42. The molecule has 0 aliphatic carbocycles. The van der Waals surface area contributed by atoms with E-state index in [0.29, 0.717) is 11.3 Å². The lowest BCUT2D eigenvalue weighted by Crippen LogP contribution is -2.29. The number of halogens is 1. The first kappa shape index (κ1) is 22.0. The average molecular weight is 517 g/mol. The predicted octanol–water partition coefficient (Wildman–Crippen LogP) is 3.62. The summed E-state index contributed by atoms with van der Waals surface area (Å²) in [5.41, 5.74) is 0.458. The van der Waals surface area contributed by atoms with Gasteiger partial charge in [-0.2, -0.15) is 0 Å². The predicted molar refractivity (Wildman–Crippen MR) is 120 cm³/mol. The van der Waals surface area contributed by atoms with Gasteiger partial charge in [0.2, 0.25) is 10.0 Å². The molecule has 1 fully saturated rings. The lowest BCUT2D eigenvalue weighted by Gasteiger charge is -2.23. The molecule has 0 bridgehead atoms. The summed E-state index contributed by atoms with van der Waals surface area (Å²) in [7, 11) is -3.94. The van der Waals surface area contributed by atoms with Crippen LogP contribution in [0.2, 0.25) is 0 Å². The third kappa shape index (κ3) is 3.88. The molecule has 1 aliphatic heterocycles. The van der Waals surface area contributed by atoms with Gasteiger partial charge in [0.05, 0.1) is 10.5 Å². The Bertz CT molecular complexity index is 1360. The molecule has 32 heavy (non-hydrogen) atoms. The number of primary sulfonamides is 1. The van der Waals surface area contributed by atoms with E-state index in [9.17, 15) is 23.1 Å². The van der Waals surface area contributed by atoms with Gasteiger partial charge in [-0.05, 0) is 55.5 Å². The van der Waals surface area contributed by atoms with Crippen LogP contribution in [0.4, 0.5) is 5.69 Å². The van der Waals surface area contributed by atoms with Crippen LogP contribution in [0, 0.1) is 6.92 Å². The second kappa shape index (κ2) is 8.05. The quantitative estimate of drug-likeness (QED) is 0.309. The Morgan fingerprint density at radius 2 is 1.66 bits per heavy atom. The van der Waals surface area contributed by atoms with Gasteiger partial charge in [-0.1, -0.05) is 28.1 Å². The van der Waals surface area contributed by atoms with Crippen molar-refractivity contribution in [3.05, 3.63) is 87.8 Å². The van der Waals surface area contributed by atoms with Crippen LogP contribution in [0.5, 0.6) is 0 Å². The summed E-state index contributed by atoms with van der Waals surface area (Å²) < 4.78 is 29.6. The number of hydrogen-bond donors (Lipinski definition) is 2. The molecule has 1 saturated heterocycles. The van der Waals surface area contributed by atoms with Crippen molar-refractivity contribution >= 4 is 49.1 Å². The first-order valence-electron chi connectivity index (χ1n) is 9.34. The number of nitrogens with zero attached hydrogens (tertiary/aromatic N) is 1. The van der Waals surface area contributed by atoms with Gasteiger partial charge in [0.25, 0.3) is 11.7 Å². The summed E-state index contributed by atoms with van der Waals surface area (Å²) in [4.78, 5) is 27.1. The highest BCUT2D eigenvalue weighted by atomic mass is 79.9. The molecule has 164 valence electrons. The maximum Gasteiger partial charge on any atom is 0.300 e. The minimum absolute atomic E-state index is 0.137. The van der Waals surface area contributed by atoms with Crippen molar-refractivity contribution in [2.24, 2.45) is 5.14 Å². The zero-order valence-electron chi connectivity index (χ0n) is 16.7. The molecule has 3 N–H and O–H groups in total. The first-order chi connectivity index (χ1) is 15.1. The van der Waals surface area contributed by atoms with E-state index in [1.807, 2.05) is 0 Å². The highest BCUT2D eigenvalue weighted by Gasteiger charge is 2.48.